The normalized spacial score (nSPS) is 12.5. The predicted octanol–water partition coefficient (Wildman–Crippen LogP) is 1.26. The topological polar surface area (TPSA) is 43.5 Å². The molecule has 1 unspecified atom stereocenters. The van der Waals surface area contributed by atoms with Crippen LogP contribution in [-0.2, 0) is 6.42 Å². The Morgan fingerprint density at radius 3 is 2.92 bits per heavy atom. The van der Waals surface area contributed by atoms with E-state index in [0.29, 0.717) is 0 Å². The van der Waals surface area contributed by atoms with Gasteiger partial charge < -0.3 is 0 Å². The third-order valence-corrected chi connectivity index (χ3v) is 2.03. The summed E-state index contributed by atoms with van der Waals surface area (Å²) in [5, 5.41) is 8.77. The van der Waals surface area contributed by atoms with Crippen LogP contribution in [-0.4, -0.2) is 4.98 Å². The number of aryl methyl sites for hydroxylation is 2. The Balaban J connectivity index is 3.12. The van der Waals surface area contributed by atoms with Crippen molar-refractivity contribution in [1.82, 2.24) is 4.98 Å². The lowest BCUT2D eigenvalue weighted by Crippen LogP contribution is -2.41. The molecule has 0 aliphatic carbocycles. The van der Waals surface area contributed by atoms with Gasteiger partial charge >= 0.3 is 0 Å². The Kier molecular flexibility index (Phi) is 2.49. The van der Waals surface area contributed by atoms with E-state index in [1.165, 1.54) is 0 Å². The van der Waals surface area contributed by atoms with Crippen molar-refractivity contribution in [1.29, 1.82) is 5.26 Å². The Bertz CT molecular complexity index is 306. The molecule has 1 aromatic heterocycles. The van der Waals surface area contributed by atoms with E-state index < -0.39 is 0 Å². The van der Waals surface area contributed by atoms with Crippen LogP contribution in [0.25, 0.3) is 0 Å². The van der Waals surface area contributed by atoms with E-state index in [9.17, 15) is 0 Å². The minimum atomic E-state index is -0.0776. The molecule has 0 radical (unpaired) electrons. The highest BCUT2D eigenvalue weighted by Crippen LogP contribution is 2.00. The lowest BCUT2D eigenvalue weighted by molar-refractivity contribution is -0.718. The highest BCUT2D eigenvalue weighted by Gasteiger charge is 2.18. The zero-order valence-corrected chi connectivity index (χ0v) is 7.76. The van der Waals surface area contributed by atoms with Crippen molar-refractivity contribution in [2.45, 2.75) is 33.2 Å². The Labute approximate surface area is 72.7 Å². The van der Waals surface area contributed by atoms with Crippen molar-refractivity contribution < 1.29 is 4.57 Å². The first-order valence-electron chi connectivity index (χ1n) is 4.18. The second kappa shape index (κ2) is 3.40. The van der Waals surface area contributed by atoms with E-state index in [-0.39, 0.29) is 6.04 Å². The maximum atomic E-state index is 8.77. The summed E-state index contributed by atoms with van der Waals surface area (Å²) in [6.07, 6.45) is 2.87. The largest absolute Gasteiger partial charge is 0.255 e. The molecule has 0 aromatic carbocycles. The Morgan fingerprint density at radius 1 is 1.75 bits per heavy atom. The van der Waals surface area contributed by atoms with Crippen LogP contribution in [0.4, 0.5) is 0 Å². The number of imidazole rings is 1. The van der Waals surface area contributed by atoms with E-state index in [0.717, 1.165) is 17.9 Å². The van der Waals surface area contributed by atoms with Gasteiger partial charge in [0.2, 0.25) is 0 Å². The highest BCUT2D eigenvalue weighted by molar-refractivity contribution is 4.90. The molecule has 0 saturated carbocycles. The molecular formula is C9H14N3+. The SMILES string of the molecule is CCc1[nH]cc(C)[n+]1C(C)C#N. The smallest absolute Gasteiger partial charge is 0.247 e. The van der Waals surface area contributed by atoms with E-state index in [2.05, 4.69) is 18.0 Å². The Morgan fingerprint density at radius 2 is 2.42 bits per heavy atom. The van der Waals surface area contributed by atoms with E-state index in [4.69, 9.17) is 5.26 Å². The summed E-state index contributed by atoms with van der Waals surface area (Å²) >= 11 is 0. The maximum absolute atomic E-state index is 8.77. The molecule has 1 atom stereocenters. The molecule has 1 aromatic rings. The van der Waals surface area contributed by atoms with Gasteiger partial charge in [-0.05, 0) is 6.92 Å². The number of nitrogens with one attached hydrogen (secondary N) is 1. The van der Waals surface area contributed by atoms with Gasteiger partial charge in [0.15, 0.2) is 6.04 Å². The third-order valence-electron chi connectivity index (χ3n) is 2.03. The zero-order valence-electron chi connectivity index (χ0n) is 7.76. The molecule has 1 heterocycles. The molecule has 0 aliphatic heterocycles. The molecule has 0 saturated heterocycles. The highest BCUT2D eigenvalue weighted by atomic mass is 15.1. The Hall–Kier alpha value is -1.30. The lowest BCUT2D eigenvalue weighted by atomic mass is 10.3. The van der Waals surface area contributed by atoms with E-state index in [1.807, 2.05) is 24.6 Å². The van der Waals surface area contributed by atoms with Gasteiger partial charge in [-0.2, -0.15) is 5.26 Å². The molecule has 3 heteroatoms. The number of rotatable bonds is 2. The quantitative estimate of drug-likeness (QED) is 0.657. The van der Waals surface area contributed by atoms with Crippen molar-refractivity contribution in [3.63, 3.8) is 0 Å². The van der Waals surface area contributed by atoms with E-state index in [1.54, 1.807) is 0 Å². The second-order valence-corrected chi connectivity index (χ2v) is 2.91. The molecule has 0 spiro atoms. The number of hydrogen-bond acceptors (Lipinski definition) is 1. The van der Waals surface area contributed by atoms with Crippen molar-refractivity contribution in [2.24, 2.45) is 0 Å². The monoisotopic (exact) mass is 164 g/mol. The molecule has 1 N–H and O–H groups in total. The molecule has 1 rings (SSSR count). The fourth-order valence-corrected chi connectivity index (χ4v) is 1.41. The van der Waals surface area contributed by atoms with Crippen LogP contribution in [0.3, 0.4) is 0 Å². The van der Waals surface area contributed by atoms with Crippen LogP contribution in [0.15, 0.2) is 6.20 Å². The number of hydrogen-bond donors (Lipinski definition) is 1. The summed E-state index contributed by atoms with van der Waals surface area (Å²) in [6, 6.07) is 2.15. The van der Waals surface area contributed by atoms with Gasteiger partial charge in [-0.1, -0.05) is 6.92 Å². The summed E-state index contributed by atoms with van der Waals surface area (Å²) in [5.41, 5.74) is 1.11. The molecule has 0 aliphatic rings. The molecule has 0 fully saturated rings. The number of nitriles is 1. The third kappa shape index (κ3) is 1.33. The van der Waals surface area contributed by atoms with Crippen molar-refractivity contribution in [3.8, 4) is 6.07 Å². The van der Waals surface area contributed by atoms with Crippen LogP contribution < -0.4 is 4.57 Å². The van der Waals surface area contributed by atoms with Gasteiger partial charge in [-0.3, -0.25) is 0 Å². The van der Waals surface area contributed by atoms with Crippen LogP contribution in [0, 0.1) is 18.3 Å². The average Bonchev–Trinajstić information content (AvgIpc) is 2.45. The van der Waals surface area contributed by atoms with Crippen molar-refractivity contribution in [2.75, 3.05) is 0 Å². The van der Waals surface area contributed by atoms with Gasteiger partial charge in [0.1, 0.15) is 18.0 Å². The van der Waals surface area contributed by atoms with Crippen LogP contribution >= 0.6 is 0 Å². The minimum absolute atomic E-state index is 0.0776. The molecule has 64 valence electrons. The molecule has 0 amide bonds. The maximum Gasteiger partial charge on any atom is 0.255 e. The van der Waals surface area contributed by atoms with Gasteiger partial charge in [-0.15, -0.1) is 0 Å². The van der Waals surface area contributed by atoms with Crippen LogP contribution in [0.1, 0.15) is 31.4 Å². The summed E-state index contributed by atoms with van der Waals surface area (Å²) in [6.45, 7) is 5.98. The summed E-state index contributed by atoms with van der Waals surface area (Å²) < 4.78 is 2.03. The summed E-state index contributed by atoms with van der Waals surface area (Å²) in [7, 11) is 0. The molecule has 3 nitrogen and oxygen atoms in total. The number of nitrogens with zero attached hydrogens (tertiary/aromatic N) is 2. The van der Waals surface area contributed by atoms with Crippen molar-refractivity contribution >= 4 is 0 Å². The predicted molar refractivity (Wildman–Crippen MR) is 45.4 cm³/mol. The molecule has 0 bridgehead atoms. The first-order chi connectivity index (χ1) is 5.70. The van der Waals surface area contributed by atoms with Gasteiger partial charge in [0, 0.05) is 13.3 Å². The fourth-order valence-electron chi connectivity index (χ4n) is 1.41. The number of H-pyrrole nitrogens is 1. The van der Waals surface area contributed by atoms with Gasteiger partial charge in [0.05, 0.1) is 0 Å². The average molecular weight is 164 g/mol. The van der Waals surface area contributed by atoms with Gasteiger partial charge in [0.25, 0.3) is 5.82 Å². The second-order valence-electron chi connectivity index (χ2n) is 2.91. The van der Waals surface area contributed by atoms with Crippen LogP contribution in [0.5, 0.6) is 0 Å². The lowest BCUT2D eigenvalue weighted by Gasteiger charge is -2.01. The number of aromatic nitrogens is 2. The first kappa shape index (κ1) is 8.79. The van der Waals surface area contributed by atoms with Crippen molar-refractivity contribution in [3.05, 3.63) is 17.7 Å². The number of aromatic amines is 1. The van der Waals surface area contributed by atoms with E-state index >= 15 is 0 Å². The molecular weight excluding hydrogens is 150 g/mol. The molecule has 12 heavy (non-hydrogen) atoms. The van der Waals surface area contributed by atoms with Crippen LogP contribution in [0.2, 0.25) is 0 Å². The summed E-state index contributed by atoms with van der Waals surface area (Å²) in [4.78, 5) is 3.15. The standard InChI is InChI=1S/C9H13N3/c1-4-9-11-6-8(3)12(9)7(2)5-10/h6-7H,4H2,1-3H3/p+1. The first-order valence-corrected chi connectivity index (χ1v) is 4.18. The fraction of sp³-hybridized carbons (Fsp3) is 0.556. The minimum Gasteiger partial charge on any atom is -0.247 e. The van der Waals surface area contributed by atoms with Gasteiger partial charge in [-0.25, -0.2) is 9.55 Å². The zero-order chi connectivity index (χ0) is 9.14. The summed E-state index contributed by atoms with van der Waals surface area (Å²) in [5.74, 6) is 1.11.